The molecule has 0 saturated heterocycles. The highest BCUT2D eigenvalue weighted by Gasteiger charge is 2.28. The maximum atomic E-state index is 13.2. The second kappa shape index (κ2) is 5.86. The van der Waals surface area contributed by atoms with Crippen LogP contribution in [0.5, 0.6) is 0 Å². The molecule has 1 aromatic carbocycles. The third kappa shape index (κ3) is 4.39. The van der Waals surface area contributed by atoms with Crippen molar-refractivity contribution < 1.29 is 8.94 Å². The van der Waals surface area contributed by atoms with E-state index in [1.807, 2.05) is 27.7 Å². The SMILES string of the molecule is C[C@H](N[S@+]([O-])C(C)(C)C)c1cc(F)ccc1I. The van der Waals surface area contributed by atoms with E-state index in [2.05, 4.69) is 27.3 Å². The van der Waals surface area contributed by atoms with E-state index in [4.69, 9.17) is 0 Å². The second-order valence-corrected chi connectivity index (χ2v) is 8.05. The summed E-state index contributed by atoms with van der Waals surface area (Å²) in [6, 6.07) is 4.50. The summed E-state index contributed by atoms with van der Waals surface area (Å²) in [5, 5.41) is 0. The Hall–Kier alpha value is 0.150. The Bertz CT molecular complexity index is 395. The molecule has 0 aliphatic rings. The molecular weight excluding hydrogens is 352 g/mol. The van der Waals surface area contributed by atoms with E-state index < -0.39 is 11.4 Å². The molecule has 0 radical (unpaired) electrons. The van der Waals surface area contributed by atoms with E-state index in [-0.39, 0.29) is 16.6 Å². The average molecular weight is 369 g/mol. The first kappa shape index (κ1) is 15.2. The van der Waals surface area contributed by atoms with E-state index in [1.165, 1.54) is 12.1 Å². The number of hydrogen-bond donors (Lipinski definition) is 1. The topological polar surface area (TPSA) is 35.1 Å². The largest absolute Gasteiger partial charge is 0.598 e. The summed E-state index contributed by atoms with van der Waals surface area (Å²) in [5.74, 6) is -0.268. The minimum atomic E-state index is -1.16. The lowest BCUT2D eigenvalue weighted by atomic mass is 10.1. The van der Waals surface area contributed by atoms with E-state index in [9.17, 15) is 8.94 Å². The fourth-order valence-electron chi connectivity index (χ4n) is 1.25. The Kier molecular flexibility index (Phi) is 5.24. The highest BCUT2D eigenvalue weighted by Crippen LogP contribution is 2.24. The molecule has 0 aliphatic carbocycles. The van der Waals surface area contributed by atoms with Crippen LogP contribution in [-0.4, -0.2) is 9.30 Å². The first-order valence-electron chi connectivity index (χ1n) is 5.35. The summed E-state index contributed by atoms with van der Waals surface area (Å²) in [6.07, 6.45) is 0. The maximum Gasteiger partial charge on any atom is 0.136 e. The molecule has 0 unspecified atom stereocenters. The summed E-state index contributed by atoms with van der Waals surface area (Å²) in [5.41, 5.74) is 0.836. The average Bonchev–Trinajstić information content (AvgIpc) is 2.20. The summed E-state index contributed by atoms with van der Waals surface area (Å²) in [6.45, 7) is 7.60. The smallest absolute Gasteiger partial charge is 0.136 e. The van der Waals surface area contributed by atoms with Gasteiger partial charge in [0, 0.05) is 14.9 Å². The zero-order valence-corrected chi connectivity index (χ0v) is 13.4. The summed E-state index contributed by atoms with van der Waals surface area (Å²) >= 11 is 0.996. The van der Waals surface area contributed by atoms with Crippen LogP contribution < -0.4 is 4.72 Å². The van der Waals surface area contributed by atoms with Crippen molar-refractivity contribution >= 4 is 34.0 Å². The Balaban J connectivity index is 2.83. The van der Waals surface area contributed by atoms with E-state index >= 15 is 0 Å². The Morgan fingerprint density at radius 2 is 2.00 bits per heavy atom. The van der Waals surface area contributed by atoms with E-state index in [1.54, 1.807) is 6.07 Å². The number of nitrogens with one attached hydrogen (secondary N) is 1. The van der Waals surface area contributed by atoms with Crippen LogP contribution in [0.25, 0.3) is 0 Å². The molecule has 0 heterocycles. The van der Waals surface area contributed by atoms with Crippen molar-refractivity contribution in [1.29, 1.82) is 0 Å². The lowest BCUT2D eigenvalue weighted by Gasteiger charge is -2.26. The van der Waals surface area contributed by atoms with Gasteiger partial charge in [-0.05, 0) is 74.0 Å². The molecule has 2 nitrogen and oxygen atoms in total. The lowest BCUT2D eigenvalue weighted by Crippen LogP contribution is -2.40. The van der Waals surface area contributed by atoms with Gasteiger partial charge in [0.1, 0.15) is 10.6 Å². The minimum Gasteiger partial charge on any atom is -0.598 e. The van der Waals surface area contributed by atoms with E-state index in [0.717, 1.165) is 9.13 Å². The second-order valence-electron chi connectivity index (χ2n) is 4.89. The van der Waals surface area contributed by atoms with Crippen LogP contribution in [0.4, 0.5) is 4.39 Å². The van der Waals surface area contributed by atoms with Crippen molar-refractivity contribution in [1.82, 2.24) is 4.72 Å². The van der Waals surface area contributed by atoms with E-state index in [0.29, 0.717) is 0 Å². The normalized spacial score (nSPS) is 15.7. The number of hydrogen-bond acceptors (Lipinski definition) is 2. The number of rotatable bonds is 3. The third-order valence-corrected chi connectivity index (χ3v) is 4.93. The Morgan fingerprint density at radius 3 is 2.53 bits per heavy atom. The van der Waals surface area contributed by atoms with Gasteiger partial charge in [0.25, 0.3) is 0 Å². The van der Waals surface area contributed by atoms with Crippen molar-refractivity contribution in [3.63, 3.8) is 0 Å². The van der Waals surface area contributed by atoms with Gasteiger partial charge in [-0.3, -0.25) is 0 Å². The predicted molar refractivity (Wildman–Crippen MR) is 78.6 cm³/mol. The van der Waals surface area contributed by atoms with Crippen LogP contribution in [0.15, 0.2) is 18.2 Å². The first-order chi connectivity index (χ1) is 7.71. The molecule has 1 aromatic rings. The summed E-state index contributed by atoms with van der Waals surface area (Å²) in [7, 11) is 0. The first-order valence-corrected chi connectivity index (χ1v) is 7.57. The van der Waals surface area contributed by atoms with Crippen molar-refractivity contribution in [2.45, 2.75) is 38.5 Å². The van der Waals surface area contributed by atoms with Crippen molar-refractivity contribution in [2.75, 3.05) is 0 Å². The molecule has 0 bridgehead atoms. The van der Waals surface area contributed by atoms with Gasteiger partial charge in [0.15, 0.2) is 0 Å². The lowest BCUT2D eigenvalue weighted by molar-refractivity contribution is 0.530. The molecule has 0 aromatic heterocycles. The summed E-state index contributed by atoms with van der Waals surface area (Å²) < 4.78 is 28.8. The molecule has 0 saturated carbocycles. The molecule has 0 fully saturated rings. The molecule has 0 aliphatic heterocycles. The molecule has 1 N–H and O–H groups in total. The van der Waals surface area contributed by atoms with Gasteiger partial charge in [-0.2, -0.15) is 0 Å². The van der Waals surface area contributed by atoms with Crippen LogP contribution in [-0.2, 0) is 11.4 Å². The quantitative estimate of drug-likeness (QED) is 0.654. The van der Waals surface area contributed by atoms with Gasteiger partial charge >= 0.3 is 0 Å². The highest BCUT2D eigenvalue weighted by atomic mass is 127. The Morgan fingerprint density at radius 1 is 1.41 bits per heavy atom. The van der Waals surface area contributed by atoms with Crippen molar-refractivity contribution in [3.05, 3.63) is 33.1 Å². The number of halogens is 2. The van der Waals surface area contributed by atoms with Gasteiger partial charge < -0.3 is 4.55 Å². The summed E-state index contributed by atoms with van der Waals surface area (Å²) in [4.78, 5) is 0. The zero-order chi connectivity index (χ0) is 13.2. The van der Waals surface area contributed by atoms with Gasteiger partial charge in [-0.25, -0.2) is 4.39 Å². The van der Waals surface area contributed by atoms with Gasteiger partial charge in [-0.15, -0.1) is 4.72 Å². The fourth-order valence-corrected chi connectivity index (χ4v) is 2.85. The van der Waals surface area contributed by atoms with Gasteiger partial charge in [0.05, 0.1) is 6.04 Å². The van der Waals surface area contributed by atoms with Crippen LogP contribution in [0.1, 0.15) is 39.3 Å². The molecule has 17 heavy (non-hydrogen) atoms. The molecule has 0 spiro atoms. The van der Waals surface area contributed by atoms with Crippen LogP contribution in [0.3, 0.4) is 0 Å². The molecule has 5 heteroatoms. The molecular formula is C12H17FINOS. The molecule has 1 rings (SSSR count). The van der Waals surface area contributed by atoms with Crippen LogP contribution >= 0.6 is 22.6 Å². The number of benzene rings is 1. The van der Waals surface area contributed by atoms with Crippen LogP contribution in [0.2, 0.25) is 0 Å². The standard InChI is InChI=1S/C12H17FINOS/c1-8(15-17(16)12(2,3)4)10-7-9(13)5-6-11(10)14/h5-8,15H,1-4H3/t8-,17+/m0/s1. The minimum absolute atomic E-state index is 0.141. The Labute approximate surface area is 119 Å². The third-order valence-electron chi connectivity index (χ3n) is 2.26. The van der Waals surface area contributed by atoms with Crippen molar-refractivity contribution in [3.8, 4) is 0 Å². The molecule has 2 atom stereocenters. The maximum absolute atomic E-state index is 13.2. The van der Waals surface area contributed by atoms with Crippen LogP contribution in [0, 0.1) is 9.39 Å². The van der Waals surface area contributed by atoms with Gasteiger partial charge in [0.2, 0.25) is 0 Å². The highest BCUT2D eigenvalue weighted by molar-refractivity contribution is 14.1. The van der Waals surface area contributed by atoms with Crippen molar-refractivity contribution in [2.24, 2.45) is 0 Å². The monoisotopic (exact) mass is 369 g/mol. The fraction of sp³-hybridized carbons (Fsp3) is 0.500. The van der Waals surface area contributed by atoms with Gasteiger partial charge in [-0.1, -0.05) is 0 Å². The molecule has 0 amide bonds. The molecule has 96 valence electrons. The predicted octanol–water partition coefficient (Wildman–Crippen LogP) is 3.54. The zero-order valence-electron chi connectivity index (χ0n) is 10.4.